The summed E-state index contributed by atoms with van der Waals surface area (Å²) in [6.07, 6.45) is 6.04. The summed E-state index contributed by atoms with van der Waals surface area (Å²) in [6.45, 7) is 0. The highest BCUT2D eigenvalue weighted by Gasteiger charge is 2.29. The van der Waals surface area contributed by atoms with E-state index in [9.17, 15) is 13.6 Å². The van der Waals surface area contributed by atoms with Crippen molar-refractivity contribution < 1.29 is 13.6 Å². The summed E-state index contributed by atoms with van der Waals surface area (Å²) in [6, 6.07) is 4.02. The van der Waals surface area contributed by atoms with Crippen LogP contribution in [0, 0.1) is 11.6 Å². The van der Waals surface area contributed by atoms with Crippen LogP contribution in [0.4, 0.5) is 8.78 Å². The highest BCUT2D eigenvalue weighted by Crippen LogP contribution is 2.28. The van der Waals surface area contributed by atoms with Gasteiger partial charge in [-0.3, -0.25) is 4.79 Å². The normalized spacial score (nSPS) is 22.3. The molecule has 0 atom stereocenters. The van der Waals surface area contributed by atoms with Crippen LogP contribution in [0.2, 0.25) is 0 Å². The van der Waals surface area contributed by atoms with Gasteiger partial charge < -0.3 is 11.1 Å². The van der Waals surface area contributed by atoms with Crippen molar-refractivity contribution in [1.29, 1.82) is 0 Å². The second-order valence-electron chi connectivity index (χ2n) is 7.22. The molecule has 3 N–H and O–H groups in total. The Hall–Kier alpha value is -2.28. The van der Waals surface area contributed by atoms with E-state index in [4.69, 9.17) is 5.73 Å². The van der Waals surface area contributed by atoms with Crippen LogP contribution < -0.4 is 11.1 Å². The van der Waals surface area contributed by atoms with E-state index < -0.39 is 11.6 Å². The zero-order valence-electron chi connectivity index (χ0n) is 14.5. The van der Waals surface area contributed by atoms with Gasteiger partial charge in [-0.2, -0.15) is 5.10 Å². The lowest BCUT2D eigenvalue weighted by Gasteiger charge is -2.26. The lowest BCUT2D eigenvalue weighted by Crippen LogP contribution is -2.40. The highest BCUT2D eigenvalue weighted by molar-refractivity contribution is 5.94. The Bertz CT molecular complexity index is 840. The fraction of sp³-hybridized carbons (Fsp3) is 0.474. The van der Waals surface area contributed by atoms with Crippen molar-refractivity contribution in [1.82, 2.24) is 15.1 Å². The van der Waals surface area contributed by atoms with Gasteiger partial charge in [-0.25, -0.2) is 13.5 Å². The first-order valence-electron chi connectivity index (χ1n) is 9.15. The number of hydrogen-bond acceptors (Lipinski definition) is 3. The molecule has 1 fully saturated rings. The minimum Gasteiger partial charge on any atom is -0.348 e. The predicted octanol–water partition coefficient (Wildman–Crippen LogP) is 2.64. The molecule has 2 aliphatic rings. The van der Waals surface area contributed by atoms with Crippen LogP contribution in [0.15, 0.2) is 18.2 Å². The Morgan fingerprint density at radius 2 is 1.92 bits per heavy atom. The molecule has 1 heterocycles. The van der Waals surface area contributed by atoms with Crippen molar-refractivity contribution in [2.24, 2.45) is 5.73 Å². The lowest BCUT2D eigenvalue weighted by molar-refractivity contribution is 0.0919. The van der Waals surface area contributed by atoms with Gasteiger partial charge in [0.05, 0.1) is 5.69 Å². The summed E-state index contributed by atoms with van der Waals surface area (Å²) in [5.74, 6) is -2.01. The minimum absolute atomic E-state index is 0.118. The Labute approximate surface area is 150 Å². The van der Waals surface area contributed by atoms with E-state index in [-0.39, 0.29) is 18.0 Å². The lowest BCUT2D eigenvalue weighted by atomic mass is 9.92. The molecule has 0 aliphatic heterocycles. The molecule has 0 radical (unpaired) electrons. The topological polar surface area (TPSA) is 72.9 Å². The molecule has 0 saturated heterocycles. The summed E-state index contributed by atoms with van der Waals surface area (Å²) in [4.78, 5) is 12.8. The van der Waals surface area contributed by atoms with Crippen LogP contribution in [0.3, 0.4) is 0 Å². The maximum Gasteiger partial charge on any atom is 0.272 e. The van der Waals surface area contributed by atoms with Gasteiger partial charge in [0.2, 0.25) is 0 Å². The number of nitrogens with one attached hydrogen (secondary N) is 1. The molecule has 26 heavy (non-hydrogen) atoms. The Morgan fingerprint density at radius 3 is 2.65 bits per heavy atom. The molecular weight excluding hydrogens is 338 g/mol. The number of carbonyl (C=O) groups is 1. The van der Waals surface area contributed by atoms with Gasteiger partial charge in [0.1, 0.15) is 0 Å². The molecule has 0 spiro atoms. The van der Waals surface area contributed by atoms with Gasteiger partial charge in [-0.1, -0.05) is 0 Å². The van der Waals surface area contributed by atoms with Crippen LogP contribution in [-0.2, 0) is 12.8 Å². The van der Waals surface area contributed by atoms with E-state index in [1.165, 1.54) is 6.07 Å². The van der Waals surface area contributed by atoms with Crippen molar-refractivity contribution in [2.45, 2.75) is 57.0 Å². The first-order valence-corrected chi connectivity index (χ1v) is 9.15. The molecule has 1 aromatic carbocycles. The average molecular weight is 360 g/mol. The van der Waals surface area contributed by atoms with Crippen molar-refractivity contribution >= 4 is 5.91 Å². The fourth-order valence-electron chi connectivity index (χ4n) is 3.97. The molecule has 138 valence electrons. The Balaban J connectivity index is 1.61. The average Bonchev–Trinajstić information content (AvgIpc) is 3.22. The van der Waals surface area contributed by atoms with Crippen molar-refractivity contribution in [2.75, 3.05) is 0 Å². The number of aromatic nitrogens is 2. The summed E-state index contributed by atoms with van der Waals surface area (Å²) in [5, 5.41) is 7.51. The third-order valence-corrected chi connectivity index (χ3v) is 5.40. The molecule has 4 rings (SSSR count). The molecule has 1 saturated carbocycles. The van der Waals surface area contributed by atoms with Crippen molar-refractivity contribution in [3.63, 3.8) is 0 Å². The maximum absolute atomic E-state index is 13.6. The van der Waals surface area contributed by atoms with E-state index in [0.29, 0.717) is 11.4 Å². The number of rotatable bonds is 3. The first-order chi connectivity index (χ1) is 12.5. The summed E-state index contributed by atoms with van der Waals surface area (Å²) in [7, 11) is 0. The minimum atomic E-state index is -0.922. The van der Waals surface area contributed by atoms with Crippen molar-refractivity contribution in [3.8, 4) is 5.69 Å². The Kier molecular flexibility index (Phi) is 4.48. The van der Waals surface area contributed by atoms with Crippen molar-refractivity contribution in [3.05, 3.63) is 46.8 Å². The number of hydrogen-bond donors (Lipinski definition) is 2. The zero-order chi connectivity index (χ0) is 18.3. The molecule has 5 nitrogen and oxygen atoms in total. The first kappa shape index (κ1) is 17.1. The number of amides is 1. The Morgan fingerprint density at radius 1 is 1.15 bits per heavy atom. The number of fused-ring (bicyclic) bond motifs is 1. The number of nitrogens with zero attached hydrogens (tertiary/aromatic N) is 2. The standard InChI is InChI=1S/C19H22F2N4O/c20-15-9-8-13(10-16(15)21)25-17-3-1-2-14(17)18(24-25)19(26)23-12-6-4-11(22)5-7-12/h8-12H,1-7,22H2,(H,23,26). The maximum atomic E-state index is 13.6. The number of carbonyl (C=O) groups excluding carboxylic acids is 1. The molecule has 2 aromatic rings. The number of benzene rings is 1. The van der Waals surface area contributed by atoms with E-state index in [1.807, 2.05) is 0 Å². The molecule has 1 aromatic heterocycles. The summed E-state index contributed by atoms with van der Waals surface area (Å²) >= 11 is 0. The van der Waals surface area contributed by atoms with E-state index in [1.54, 1.807) is 4.68 Å². The summed E-state index contributed by atoms with van der Waals surface area (Å²) < 4.78 is 28.4. The van der Waals surface area contributed by atoms with E-state index >= 15 is 0 Å². The molecule has 0 unspecified atom stereocenters. The van der Waals surface area contributed by atoms with Gasteiger partial charge in [0.15, 0.2) is 17.3 Å². The van der Waals surface area contributed by atoms with Gasteiger partial charge in [-0.15, -0.1) is 0 Å². The van der Waals surface area contributed by atoms with E-state index in [2.05, 4.69) is 10.4 Å². The van der Waals surface area contributed by atoms with Crippen LogP contribution >= 0.6 is 0 Å². The van der Waals surface area contributed by atoms with Gasteiger partial charge >= 0.3 is 0 Å². The van der Waals surface area contributed by atoms with Gasteiger partial charge in [-0.05, 0) is 57.1 Å². The van der Waals surface area contributed by atoms with E-state index in [0.717, 1.165) is 68.3 Å². The van der Waals surface area contributed by atoms with Gasteiger partial charge in [0, 0.05) is 29.4 Å². The highest BCUT2D eigenvalue weighted by atomic mass is 19.2. The zero-order valence-corrected chi connectivity index (χ0v) is 14.5. The molecular formula is C19H22F2N4O. The second kappa shape index (κ2) is 6.79. The molecule has 0 bridgehead atoms. The number of halogens is 2. The number of nitrogens with two attached hydrogens (primary N) is 1. The SMILES string of the molecule is NC1CCC(NC(=O)c2nn(-c3ccc(F)c(F)c3)c3c2CCC3)CC1. The molecule has 7 heteroatoms. The largest absolute Gasteiger partial charge is 0.348 e. The second-order valence-corrected chi connectivity index (χ2v) is 7.22. The third-order valence-electron chi connectivity index (χ3n) is 5.40. The van der Waals surface area contributed by atoms with Crippen LogP contribution in [0.5, 0.6) is 0 Å². The monoisotopic (exact) mass is 360 g/mol. The molecule has 1 amide bonds. The van der Waals surface area contributed by atoms with Crippen LogP contribution in [-0.4, -0.2) is 27.8 Å². The predicted molar refractivity (Wildman–Crippen MR) is 93.2 cm³/mol. The third kappa shape index (κ3) is 3.11. The van der Waals surface area contributed by atoms with Gasteiger partial charge in [0.25, 0.3) is 5.91 Å². The summed E-state index contributed by atoms with van der Waals surface area (Å²) in [5.41, 5.74) is 8.58. The smallest absolute Gasteiger partial charge is 0.272 e. The molecule has 2 aliphatic carbocycles. The van der Waals surface area contributed by atoms with Crippen LogP contribution in [0.1, 0.15) is 53.8 Å². The quantitative estimate of drug-likeness (QED) is 0.884. The van der Waals surface area contributed by atoms with Crippen LogP contribution in [0.25, 0.3) is 5.69 Å². The fourth-order valence-corrected chi connectivity index (χ4v) is 3.97.